The molecule has 2 N–H and O–H groups in total. The largest absolute Gasteiger partial charge is 0.388 e. The van der Waals surface area contributed by atoms with Gasteiger partial charge in [-0.25, -0.2) is 8.78 Å². The highest BCUT2D eigenvalue weighted by Gasteiger charge is 2.27. The number of rotatable bonds is 7. The summed E-state index contributed by atoms with van der Waals surface area (Å²) < 4.78 is 24.7. The molecule has 2 atom stereocenters. The molecular formula is C18H26F2N2O2. The van der Waals surface area contributed by atoms with Gasteiger partial charge in [-0.05, 0) is 44.8 Å². The number of aliphatic hydroxyl groups is 1. The number of nitrogens with one attached hydrogen (secondary N) is 1. The number of carbonyl (C=O) groups excluding carboxylic acids is 1. The lowest BCUT2D eigenvalue weighted by Gasteiger charge is -2.31. The van der Waals surface area contributed by atoms with E-state index in [0.29, 0.717) is 32.4 Å². The molecule has 4 nitrogen and oxygen atoms in total. The predicted octanol–water partition coefficient (Wildman–Crippen LogP) is 2.59. The van der Waals surface area contributed by atoms with Crippen LogP contribution in [0.5, 0.6) is 0 Å². The Kier molecular flexibility index (Phi) is 7.12. The van der Waals surface area contributed by atoms with Crippen LogP contribution in [-0.4, -0.2) is 48.0 Å². The van der Waals surface area contributed by atoms with Gasteiger partial charge in [-0.1, -0.05) is 30.3 Å². The summed E-state index contributed by atoms with van der Waals surface area (Å²) in [4.78, 5) is 14.0. The molecule has 1 heterocycles. The highest BCUT2D eigenvalue weighted by atomic mass is 19.3. The van der Waals surface area contributed by atoms with Gasteiger partial charge < -0.3 is 10.4 Å². The zero-order chi connectivity index (χ0) is 17.5. The van der Waals surface area contributed by atoms with Gasteiger partial charge in [-0.2, -0.15) is 0 Å². The van der Waals surface area contributed by atoms with Crippen molar-refractivity contribution in [2.45, 2.75) is 44.8 Å². The molecule has 0 aliphatic carbocycles. The van der Waals surface area contributed by atoms with E-state index in [1.54, 1.807) is 4.90 Å². The second kappa shape index (κ2) is 9.08. The molecule has 0 aromatic heterocycles. The monoisotopic (exact) mass is 340 g/mol. The third kappa shape index (κ3) is 5.83. The number of halogens is 2. The van der Waals surface area contributed by atoms with Crippen LogP contribution < -0.4 is 5.32 Å². The van der Waals surface area contributed by atoms with Crippen LogP contribution in [0.1, 0.15) is 37.9 Å². The molecule has 1 amide bonds. The zero-order valence-electron chi connectivity index (χ0n) is 14.0. The summed E-state index contributed by atoms with van der Waals surface area (Å²) in [5, 5.41) is 13.1. The fraction of sp³-hybridized carbons (Fsp3) is 0.611. The minimum absolute atomic E-state index is 0.0422. The Hall–Kier alpha value is -1.53. The fourth-order valence-corrected chi connectivity index (χ4v) is 3.14. The smallest absolute Gasteiger partial charge is 0.251 e. The first kappa shape index (κ1) is 18.8. The van der Waals surface area contributed by atoms with Crippen molar-refractivity contribution in [3.8, 4) is 0 Å². The van der Waals surface area contributed by atoms with Crippen molar-refractivity contribution in [3.05, 3.63) is 35.9 Å². The third-order valence-corrected chi connectivity index (χ3v) is 4.50. The molecule has 0 spiro atoms. The van der Waals surface area contributed by atoms with Crippen molar-refractivity contribution in [2.75, 3.05) is 19.6 Å². The molecule has 0 bridgehead atoms. The Bertz CT molecular complexity index is 505. The first-order valence-corrected chi connectivity index (χ1v) is 8.49. The Morgan fingerprint density at radius 3 is 2.50 bits per heavy atom. The molecule has 1 aliphatic rings. The van der Waals surface area contributed by atoms with Crippen LogP contribution in [0, 0.1) is 5.92 Å². The van der Waals surface area contributed by atoms with Crippen LogP contribution in [0.4, 0.5) is 8.78 Å². The summed E-state index contributed by atoms with van der Waals surface area (Å²) in [6, 6.07) is 9.20. The van der Waals surface area contributed by atoms with Gasteiger partial charge in [0.1, 0.15) is 0 Å². The molecular weight excluding hydrogens is 314 g/mol. The lowest BCUT2D eigenvalue weighted by Crippen LogP contribution is -2.44. The summed E-state index contributed by atoms with van der Waals surface area (Å²) in [7, 11) is 0. The maximum absolute atomic E-state index is 12.4. The maximum atomic E-state index is 12.4. The van der Waals surface area contributed by atoms with Gasteiger partial charge in [-0.15, -0.1) is 0 Å². The number of likely N-dealkylation sites (tertiary alicyclic amines) is 1. The molecule has 0 saturated carbocycles. The number of alkyl halides is 2. The number of nitrogens with zero attached hydrogens (tertiary/aromatic N) is 1. The zero-order valence-corrected chi connectivity index (χ0v) is 14.0. The number of piperidine rings is 1. The number of hydrogen-bond acceptors (Lipinski definition) is 3. The topological polar surface area (TPSA) is 52.6 Å². The van der Waals surface area contributed by atoms with Crippen molar-refractivity contribution in [1.82, 2.24) is 10.2 Å². The molecule has 1 aromatic rings. The summed E-state index contributed by atoms with van der Waals surface area (Å²) in [5.74, 6) is -0.172. The third-order valence-electron chi connectivity index (χ3n) is 4.50. The molecule has 1 aliphatic heterocycles. The average molecular weight is 340 g/mol. The first-order chi connectivity index (χ1) is 11.5. The molecule has 1 fully saturated rings. The SMILES string of the molecule is C[C@@H](C[C@@H](O)c1ccccc1)NC(=O)C1CCN(CC(F)F)CC1. The van der Waals surface area contributed by atoms with Crippen LogP contribution in [0.2, 0.25) is 0 Å². The van der Waals surface area contributed by atoms with E-state index in [1.165, 1.54) is 0 Å². The molecule has 2 rings (SSSR count). The van der Waals surface area contributed by atoms with E-state index >= 15 is 0 Å². The number of amides is 1. The van der Waals surface area contributed by atoms with Gasteiger partial charge in [0.25, 0.3) is 6.43 Å². The second-order valence-corrected chi connectivity index (χ2v) is 6.54. The Labute approximate surface area is 141 Å². The highest BCUT2D eigenvalue weighted by molar-refractivity contribution is 5.79. The summed E-state index contributed by atoms with van der Waals surface area (Å²) in [6.45, 7) is 2.72. The molecule has 0 unspecified atom stereocenters. The molecule has 134 valence electrons. The van der Waals surface area contributed by atoms with Gasteiger partial charge in [0.2, 0.25) is 5.91 Å². The Balaban J connectivity index is 1.74. The van der Waals surface area contributed by atoms with Crippen LogP contribution >= 0.6 is 0 Å². The second-order valence-electron chi connectivity index (χ2n) is 6.54. The predicted molar refractivity (Wildman–Crippen MR) is 88.8 cm³/mol. The minimum Gasteiger partial charge on any atom is -0.388 e. The molecule has 1 saturated heterocycles. The standard InChI is InChI=1S/C18H26F2N2O2/c1-13(11-16(23)14-5-3-2-4-6-14)21-18(24)15-7-9-22(10-8-15)12-17(19)20/h2-6,13,15-17,23H,7-12H2,1H3,(H,21,24)/t13-,16+/m0/s1. The van der Waals surface area contributed by atoms with E-state index in [9.17, 15) is 18.7 Å². The van der Waals surface area contributed by atoms with Gasteiger partial charge in [0.05, 0.1) is 12.6 Å². The van der Waals surface area contributed by atoms with Gasteiger partial charge in [0.15, 0.2) is 0 Å². The van der Waals surface area contributed by atoms with Crippen molar-refractivity contribution in [3.63, 3.8) is 0 Å². The number of aliphatic hydroxyl groups excluding tert-OH is 1. The van der Waals surface area contributed by atoms with Crippen LogP contribution in [0.25, 0.3) is 0 Å². The summed E-state index contributed by atoms with van der Waals surface area (Å²) >= 11 is 0. The van der Waals surface area contributed by atoms with Gasteiger partial charge >= 0.3 is 0 Å². The first-order valence-electron chi connectivity index (χ1n) is 8.49. The van der Waals surface area contributed by atoms with Crippen molar-refractivity contribution < 1.29 is 18.7 Å². The molecule has 24 heavy (non-hydrogen) atoms. The van der Waals surface area contributed by atoms with Crippen LogP contribution in [0.3, 0.4) is 0 Å². The van der Waals surface area contributed by atoms with Gasteiger partial charge in [-0.3, -0.25) is 9.69 Å². The average Bonchev–Trinajstić information content (AvgIpc) is 2.55. The fourth-order valence-electron chi connectivity index (χ4n) is 3.14. The van der Waals surface area contributed by atoms with Crippen molar-refractivity contribution in [2.24, 2.45) is 5.92 Å². The molecule has 0 radical (unpaired) electrons. The highest BCUT2D eigenvalue weighted by Crippen LogP contribution is 2.20. The van der Waals surface area contributed by atoms with E-state index < -0.39 is 12.5 Å². The quantitative estimate of drug-likeness (QED) is 0.802. The molecule has 6 heteroatoms. The Morgan fingerprint density at radius 1 is 1.29 bits per heavy atom. The molecule has 1 aromatic carbocycles. The van der Waals surface area contributed by atoms with Gasteiger partial charge in [0, 0.05) is 12.0 Å². The van der Waals surface area contributed by atoms with E-state index in [1.807, 2.05) is 37.3 Å². The van der Waals surface area contributed by atoms with Crippen LogP contribution in [-0.2, 0) is 4.79 Å². The lowest BCUT2D eigenvalue weighted by molar-refractivity contribution is -0.127. The van der Waals surface area contributed by atoms with E-state index in [2.05, 4.69) is 5.32 Å². The normalized spacial score (nSPS) is 19.2. The summed E-state index contributed by atoms with van der Waals surface area (Å²) in [5.41, 5.74) is 0.832. The van der Waals surface area contributed by atoms with E-state index in [0.717, 1.165) is 5.56 Å². The van der Waals surface area contributed by atoms with E-state index in [4.69, 9.17) is 0 Å². The van der Waals surface area contributed by atoms with Crippen molar-refractivity contribution in [1.29, 1.82) is 0 Å². The maximum Gasteiger partial charge on any atom is 0.251 e. The van der Waals surface area contributed by atoms with Crippen molar-refractivity contribution >= 4 is 5.91 Å². The minimum atomic E-state index is -2.32. The van der Waals surface area contributed by atoms with Crippen LogP contribution in [0.15, 0.2) is 30.3 Å². The number of carbonyl (C=O) groups is 1. The van der Waals surface area contributed by atoms with E-state index in [-0.39, 0.29) is 24.4 Å². The summed E-state index contributed by atoms with van der Waals surface area (Å²) in [6.07, 6.45) is -1.29. The lowest BCUT2D eigenvalue weighted by atomic mass is 9.95. The number of benzene rings is 1. The Morgan fingerprint density at radius 2 is 1.92 bits per heavy atom. The number of hydrogen-bond donors (Lipinski definition) is 2.